The topological polar surface area (TPSA) is 30.5 Å². The van der Waals surface area contributed by atoms with Crippen LogP contribution < -0.4 is 10.1 Å². The Labute approximate surface area is 116 Å². The van der Waals surface area contributed by atoms with Gasteiger partial charge in [0.05, 0.1) is 6.10 Å². The largest absolute Gasteiger partial charge is 0.490 e. The second-order valence-corrected chi connectivity index (χ2v) is 5.31. The zero-order chi connectivity index (χ0) is 13.7. The summed E-state index contributed by atoms with van der Waals surface area (Å²) in [6.07, 6.45) is 5.11. The van der Waals surface area contributed by atoms with Crippen molar-refractivity contribution in [2.45, 2.75) is 50.9 Å². The van der Waals surface area contributed by atoms with Gasteiger partial charge in [0.1, 0.15) is 11.9 Å². The van der Waals surface area contributed by atoms with Gasteiger partial charge in [-0.15, -0.1) is 0 Å². The van der Waals surface area contributed by atoms with Crippen LogP contribution in [0.5, 0.6) is 5.75 Å². The molecule has 0 heterocycles. The minimum absolute atomic E-state index is 0.281. The molecular formula is C16H25NO2. The molecule has 0 aliphatic heterocycles. The molecule has 0 saturated heterocycles. The van der Waals surface area contributed by atoms with Crippen molar-refractivity contribution >= 4 is 0 Å². The first-order chi connectivity index (χ1) is 9.24. The van der Waals surface area contributed by atoms with Crippen molar-refractivity contribution in [1.82, 2.24) is 5.32 Å². The van der Waals surface area contributed by atoms with E-state index >= 15 is 0 Å². The standard InChI is InChI=1S/C16H25NO2/c1-12(17-2)15-9-4-5-10-16(15)19-14-8-6-7-13(11-14)18-3/h4-5,9-10,12-14,17H,6-8,11H2,1-3H3. The van der Waals surface area contributed by atoms with Crippen LogP contribution in [0.15, 0.2) is 24.3 Å². The molecule has 0 spiro atoms. The van der Waals surface area contributed by atoms with Crippen LogP contribution in [0.1, 0.15) is 44.2 Å². The maximum absolute atomic E-state index is 6.22. The molecule has 3 unspecified atom stereocenters. The van der Waals surface area contributed by atoms with Gasteiger partial charge in [0, 0.05) is 25.1 Å². The Morgan fingerprint density at radius 1 is 1.21 bits per heavy atom. The van der Waals surface area contributed by atoms with Gasteiger partial charge in [-0.3, -0.25) is 0 Å². The van der Waals surface area contributed by atoms with Gasteiger partial charge in [0.2, 0.25) is 0 Å². The summed E-state index contributed by atoms with van der Waals surface area (Å²) in [5.74, 6) is 1.01. The highest BCUT2D eigenvalue weighted by Gasteiger charge is 2.24. The maximum atomic E-state index is 6.22. The first kappa shape index (κ1) is 14.4. The zero-order valence-corrected chi connectivity index (χ0v) is 12.2. The van der Waals surface area contributed by atoms with E-state index in [1.165, 1.54) is 12.0 Å². The van der Waals surface area contributed by atoms with Gasteiger partial charge in [-0.1, -0.05) is 18.2 Å². The van der Waals surface area contributed by atoms with Crippen molar-refractivity contribution in [3.8, 4) is 5.75 Å². The second kappa shape index (κ2) is 6.92. The van der Waals surface area contributed by atoms with Crippen molar-refractivity contribution in [2.24, 2.45) is 0 Å². The van der Waals surface area contributed by atoms with E-state index in [1.807, 2.05) is 13.1 Å². The highest BCUT2D eigenvalue weighted by Crippen LogP contribution is 2.29. The molecule has 19 heavy (non-hydrogen) atoms. The molecular weight excluding hydrogens is 238 g/mol. The molecule has 1 aromatic rings. The Bertz CT molecular complexity index is 394. The van der Waals surface area contributed by atoms with Gasteiger partial charge in [0.25, 0.3) is 0 Å². The third-order valence-corrected chi connectivity index (χ3v) is 4.02. The van der Waals surface area contributed by atoms with Crippen molar-refractivity contribution in [2.75, 3.05) is 14.2 Å². The smallest absolute Gasteiger partial charge is 0.124 e. The van der Waals surface area contributed by atoms with Gasteiger partial charge in [-0.2, -0.15) is 0 Å². The molecule has 0 radical (unpaired) electrons. The van der Waals surface area contributed by atoms with Gasteiger partial charge >= 0.3 is 0 Å². The highest BCUT2D eigenvalue weighted by molar-refractivity contribution is 5.35. The summed E-state index contributed by atoms with van der Waals surface area (Å²) in [5, 5.41) is 3.27. The Morgan fingerprint density at radius 2 is 1.95 bits per heavy atom. The molecule has 1 aliphatic carbocycles. The molecule has 1 aliphatic rings. The van der Waals surface area contributed by atoms with Crippen LogP contribution in [0.3, 0.4) is 0 Å². The van der Waals surface area contributed by atoms with E-state index in [0.717, 1.165) is 25.0 Å². The van der Waals surface area contributed by atoms with E-state index in [2.05, 4.69) is 30.4 Å². The highest BCUT2D eigenvalue weighted by atomic mass is 16.5. The van der Waals surface area contributed by atoms with Crippen molar-refractivity contribution in [1.29, 1.82) is 0 Å². The summed E-state index contributed by atoms with van der Waals surface area (Å²) in [4.78, 5) is 0. The number of rotatable bonds is 5. The number of hydrogen-bond acceptors (Lipinski definition) is 3. The average Bonchev–Trinajstić information content (AvgIpc) is 2.47. The SMILES string of the molecule is CNC(C)c1ccccc1OC1CCCC(OC)C1. The predicted octanol–water partition coefficient (Wildman–Crippen LogP) is 3.30. The minimum Gasteiger partial charge on any atom is -0.490 e. The molecule has 0 bridgehead atoms. The molecule has 0 amide bonds. The van der Waals surface area contributed by atoms with Crippen LogP contribution in [0, 0.1) is 0 Å². The van der Waals surface area contributed by atoms with Crippen LogP contribution in [0.25, 0.3) is 0 Å². The van der Waals surface area contributed by atoms with Crippen LogP contribution in [-0.2, 0) is 4.74 Å². The third-order valence-electron chi connectivity index (χ3n) is 4.02. The number of nitrogens with one attached hydrogen (secondary N) is 1. The molecule has 2 rings (SSSR count). The summed E-state index contributed by atoms with van der Waals surface area (Å²) in [6, 6.07) is 8.61. The lowest BCUT2D eigenvalue weighted by Crippen LogP contribution is -2.30. The number of hydrogen-bond donors (Lipinski definition) is 1. The molecule has 106 valence electrons. The fourth-order valence-electron chi connectivity index (χ4n) is 2.70. The molecule has 3 heteroatoms. The van der Waals surface area contributed by atoms with Crippen molar-refractivity contribution < 1.29 is 9.47 Å². The molecule has 1 fully saturated rings. The number of benzene rings is 1. The van der Waals surface area contributed by atoms with Crippen molar-refractivity contribution in [3.05, 3.63) is 29.8 Å². The monoisotopic (exact) mass is 263 g/mol. The lowest BCUT2D eigenvalue weighted by Gasteiger charge is -2.30. The van der Waals surface area contributed by atoms with E-state index in [9.17, 15) is 0 Å². The van der Waals surface area contributed by atoms with Crippen LogP contribution >= 0.6 is 0 Å². The fourth-order valence-corrected chi connectivity index (χ4v) is 2.70. The maximum Gasteiger partial charge on any atom is 0.124 e. The first-order valence-electron chi connectivity index (χ1n) is 7.20. The lowest BCUT2D eigenvalue weighted by molar-refractivity contribution is 0.0205. The third kappa shape index (κ3) is 3.71. The van der Waals surface area contributed by atoms with Crippen LogP contribution in [0.4, 0.5) is 0 Å². The van der Waals surface area contributed by atoms with Gasteiger partial charge in [0.15, 0.2) is 0 Å². The molecule has 3 nitrogen and oxygen atoms in total. The van der Waals surface area contributed by atoms with Gasteiger partial charge < -0.3 is 14.8 Å². The minimum atomic E-state index is 0.281. The summed E-state index contributed by atoms with van der Waals surface area (Å²) in [6.45, 7) is 2.15. The number of methoxy groups -OCH3 is 1. The van der Waals surface area contributed by atoms with E-state index in [-0.39, 0.29) is 6.10 Å². The normalized spacial score (nSPS) is 25.0. The molecule has 1 saturated carbocycles. The molecule has 0 aromatic heterocycles. The Balaban J connectivity index is 2.06. The Morgan fingerprint density at radius 3 is 2.68 bits per heavy atom. The van der Waals surface area contributed by atoms with E-state index in [0.29, 0.717) is 12.1 Å². The van der Waals surface area contributed by atoms with E-state index < -0.39 is 0 Å². The van der Waals surface area contributed by atoms with Crippen LogP contribution in [-0.4, -0.2) is 26.4 Å². The summed E-state index contributed by atoms with van der Waals surface area (Å²) < 4.78 is 11.7. The van der Waals surface area contributed by atoms with Gasteiger partial charge in [-0.05, 0) is 39.3 Å². The first-order valence-corrected chi connectivity index (χ1v) is 7.20. The van der Waals surface area contributed by atoms with Gasteiger partial charge in [-0.25, -0.2) is 0 Å². The number of para-hydroxylation sites is 1. The predicted molar refractivity (Wildman–Crippen MR) is 77.6 cm³/mol. The van der Waals surface area contributed by atoms with Crippen molar-refractivity contribution in [3.63, 3.8) is 0 Å². The molecule has 3 atom stereocenters. The quantitative estimate of drug-likeness (QED) is 0.884. The molecule has 1 N–H and O–H groups in total. The Hall–Kier alpha value is -1.06. The van der Waals surface area contributed by atoms with Crippen LogP contribution in [0.2, 0.25) is 0 Å². The van der Waals surface area contributed by atoms with E-state index in [4.69, 9.17) is 9.47 Å². The zero-order valence-electron chi connectivity index (χ0n) is 12.2. The number of ether oxygens (including phenoxy) is 2. The average molecular weight is 263 g/mol. The fraction of sp³-hybridized carbons (Fsp3) is 0.625. The summed E-state index contributed by atoms with van der Waals surface area (Å²) >= 11 is 0. The lowest BCUT2D eigenvalue weighted by atomic mass is 9.94. The van der Waals surface area contributed by atoms with E-state index in [1.54, 1.807) is 7.11 Å². The summed E-state index contributed by atoms with van der Waals surface area (Å²) in [7, 11) is 3.77. The second-order valence-electron chi connectivity index (χ2n) is 5.31. The summed E-state index contributed by atoms with van der Waals surface area (Å²) in [5.41, 5.74) is 1.23. The molecule has 1 aromatic carbocycles. The Kier molecular flexibility index (Phi) is 5.23.